The molecule has 0 bridgehead atoms. The van der Waals surface area contributed by atoms with Crippen LogP contribution in [0.25, 0.3) is 0 Å². The Morgan fingerprint density at radius 2 is 1.87 bits per heavy atom. The standard InChI is InChI=1S/C23H41N5O2/c1-8-24-22(25-16-23(2,3)17-27(4)5)26-19-9-10-28(15-19)14-18-11-20(29-6)13-21(12-18)30-7/h11-13,19H,8-10,14-17H2,1-7H3,(H2,24,25,26). The van der Waals surface area contributed by atoms with Crippen LogP contribution in [0, 0.1) is 5.41 Å². The van der Waals surface area contributed by atoms with E-state index in [1.54, 1.807) is 14.2 Å². The number of hydrogen-bond acceptors (Lipinski definition) is 5. The Bertz CT molecular complexity index is 668. The lowest BCUT2D eigenvalue weighted by Crippen LogP contribution is -2.45. The van der Waals surface area contributed by atoms with Crippen molar-refractivity contribution in [2.24, 2.45) is 10.4 Å². The molecule has 1 fully saturated rings. The highest BCUT2D eigenvalue weighted by molar-refractivity contribution is 5.80. The maximum atomic E-state index is 5.40. The van der Waals surface area contributed by atoms with Gasteiger partial charge >= 0.3 is 0 Å². The van der Waals surface area contributed by atoms with E-state index in [0.717, 1.165) is 63.1 Å². The SMILES string of the molecule is CCNC(=NCC(C)(C)CN(C)C)NC1CCN(Cc2cc(OC)cc(OC)c2)C1. The molecule has 1 atom stereocenters. The van der Waals surface area contributed by atoms with E-state index in [-0.39, 0.29) is 5.41 Å². The van der Waals surface area contributed by atoms with Gasteiger partial charge in [0.1, 0.15) is 11.5 Å². The van der Waals surface area contributed by atoms with Crippen LogP contribution in [-0.2, 0) is 6.54 Å². The summed E-state index contributed by atoms with van der Waals surface area (Å²) in [6, 6.07) is 6.48. The maximum Gasteiger partial charge on any atom is 0.191 e. The molecule has 1 aliphatic rings. The summed E-state index contributed by atoms with van der Waals surface area (Å²) in [6.45, 7) is 12.2. The van der Waals surface area contributed by atoms with Crippen molar-refractivity contribution in [2.45, 2.75) is 39.8 Å². The van der Waals surface area contributed by atoms with Crippen molar-refractivity contribution in [1.29, 1.82) is 0 Å². The Balaban J connectivity index is 1.94. The second-order valence-corrected chi connectivity index (χ2v) is 9.18. The van der Waals surface area contributed by atoms with E-state index < -0.39 is 0 Å². The highest BCUT2D eigenvalue weighted by atomic mass is 16.5. The molecule has 30 heavy (non-hydrogen) atoms. The molecule has 1 saturated heterocycles. The van der Waals surface area contributed by atoms with Crippen LogP contribution in [0.4, 0.5) is 0 Å². The van der Waals surface area contributed by atoms with Crippen molar-refractivity contribution in [3.8, 4) is 11.5 Å². The number of ether oxygens (including phenoxy) is 2. The average Bonchev–Trinajstić information content (AvgIpc) is 3.11. The highest BCUT2D eigenvalue weighted by Gasteiger charge is 2.24. The Morgan fingerprint density at radius 1 is 1.20 bits per heavy atom. The molecule has 7 nitrogen and oxygen atoms in total. The van der Waals surface area contributed by atoms with Gasteiger partial charge in [-0.2, -0.15) is 0 Å². The molecule has 1 heterocycles. The number of guanidine groups is 1. The van der Waals surface area contributed by atoms with Crippen LogP contribution in [0.15, 0.2) is 23.2 Å². The molecular weight excluding hydrogens is 378 g/mol. The summed E-state index contributed by atoms with van der Waals surface area (Å²) in [7, 11) is 7.60. The van der Waals surface area contributed by atoms with Gasteiger partial charge in [-0.1, -0.05) is 13.8 Å². The van der Waals surface area contributed by atoms with E-state index in [2.05, 4.69) is 67.4 Å². The van der Waals surface area contributed by atoms with Crippen LogP contribution < -0.4 is 20.1 Å². The molecule has 0 saturated carbocycles. The van der Waals surface area contributed by atoms with Gasteiger partial charge in [0.25, 0.3) is 0 Å². The summed E-state index contributed by atoms with van der Waals surface area (Å²) in [5.74, 6) is 2.58. The molecule has 1 aromatic rings. The number of aliphatic imine (C=N–C) groups is 1. The molecule has 1 aromatic carbocycles. The lowest BCUT2D eigenvalue weighted by molar-refractivity contribution is 0.248. The van der Waals surface area contributed by atoms with E-state index in [9.17, 15) is 0 Å². The molecule has 2 rings (SSSR count). The first-order valence-corrected chi connectivity index (χ1v) is 10.9. The van der Waals surface area contributed by atoms with Crippen molar-refractivity contribution >= 4 is 5.96 Å². The second kappa shape index (κ2) is 11.4. The summed E-state index contributed by atoms with van der Waals surface area (Å²) in [4.78, 5) is 9.56. The Morgan fingerprint density at radius 3 is 2.43 bits per heavy atom. The van der Waals surface area contributed by atoms with Gasteiger partial charge in [-0.05, 0) is 50.6 Å². The predicted molar refractivity (Wildman–Crippen MR) is 125 cm³/mol. The largest absolute Gasteiger partial charge is 0.497 e. The molecule has 2 N–H and O–H groups in total. The number of likely N-dealkylation sites (tertiary alicyclic amines) is 1. The molecule has 0 radical (unpaired) electrons. The number of rotatable bonds is 10. The predicted octanol–water partition coefficient (Wildman–Crippen LogP) is 2.42. The van der Waals surface area contributed by atoms with E-state index in [1.165, 1.54) is 5.56 Å². The van der Waals surface area contributed by atoms with E-state index in [1.807, 2.05) is 6.07 Å². The smallest absolute Gasteiger partial charge is 0.191 e. The Hall–Kier alpha value is -1.99. The first-order chi connectivity index (χ1) is 14.2. The van der Waals surface area contributed by atoms with Gasteiger partial charge < -0.3 is 25.0 Å². The minimum absolute atomic E-state index is 0.138. The average molecular weight is 420 g/mol. The molecule has 7 heteroatoms. The van der Waals surface area contributed by atoms with Crippen molar-refractivity contribution in [3.05, 3.63) is 23.8 Å². The second-order valence-electron chi connectivity index (χ2n) is 9.18. The lowest BCUT2D eigenvalue weighted by Gasteiger charge is -2.27. The number of benzene rings is 1. The molecule has 170 valence electrons. The van der Waals surface area contributed by atoms with Crippen LogP contribution in [0.3, 0.4) is 0 Å². The van der Waals surface area contributed by atoms with Gasteiger partial charge in [0, 0.05) is 51.4 Å². The molecule has 1 unspecified atom stereocenters. The van der Waals surface area contributed by atoms with E-state index >= 15 is 0 Å². The number of nitrogens with zero attached hydrogens (tertiary/aromatic N) is 3. The number of nitrogens with one attached hydrogen (secondary N) is 2. The Labute approximate surface area is 182 Å². The summed E-state index contributed by atoms with van der Waals surface area (Å²) in [5, 5.41) is 7.04. The van der Waals surface area contributed by atoms with Crippen LogP contribution in [-0.4, -0.2) is 82.8 Å². The molecule has 0 amide bonds. The zero-order valence-electron chi connectivity index (χ0n) is 19.9. The maximum absolute atomic E-state index is 5.40. The monoisotopic (exact) mass is 419 g/mol. The first kappa shape index (κ1) is 24.3. The molecule has 0 aromatic heterocycles. The van der Waals surface area contributed by atoms with Gasteiger partial charge in [-0.25, -0.2) is 0 Å². The van der Waals surface area contributed by atoms with Gasteiger partial charge in [0.05, 0.1) is 14.2 Å². The van der Waals surface area contributed by atoms with E-state index in [4.69, 9.17) is 14.5 Å². The van der Waals surface area contributed by atoms with Crippen LogP contribution in [0.5, 0.6) is 11.5 Å². The molecular formula is C23H41N5O2. The third-order valence-corrected chi connectivity index (χ3v) is 5.18. The van der Waals surface area contributed by atoms with Gasteiger partial charge in [-0.3, -0.25) is 9.89 Å². The number of hydrogen-bond donors (Lipinski definition) is 2. The molecule has 1 aliphatic heterocycles. The third-order valence-electron chi connectivity index (χ3n) is 5.18. The van der Waals surface area contributed by atoms with Crippen molar-refractivity contribution in [1.82, 2.24) is 20.4 Å². The van der Waals surface area contributed by atoms with Crippen molar-refractivity contribution < 1.29 is 9.47 Å². The Kier molecular flexibility index (Phi) is 9.24. The fraction of sp³-hybridized carbons (Fsp3) is 0.696. The zero-order chi connectivity index (χ0) is 22.1. The fourth-order valence-corrected chi connectivity index (χ4v) is 4.02. The quantitative estimate of drug-likeness (QED) is 0.449. The zero-order valence-corrected chi connectivity index (χ0v) is 19.9. The van der Waals surface area contributed by atoms with Gasteiger partial charge in [0.2, 0.25) is 0 Å². The summed E-state index contributed by atoms with van der Waals surface area (Å²) >= 11 is 0. The lowest BCUT2D eigenvalue weighted by atomic mass is 9.93. The fourth-order valence-electron chi connectivity index (χ4n) is 4.02. The molecule has 0 aliphatic carbocycles. The van der Waals surface area contributed by atoms with Gasteiger partial charge in [0.15, 0.2) is 5.96 Å². The summed E-state index contributed by atoms with van der Waals surface area (Å²) < 4.78 is 10.8. The van der Waals surface area contributed by atoms with E-state index in [0.29, 0.717) is 6.04 Å². The highest BCUT2D eigenvalue weighted by Crippen LogP contribution is 2.24. The summed E-state index contributed by atoms with van der Waals surface area (Å²) in [5.41, 5.74) is 1.34. The minimum atomic E-state index is 0.138. The number of methoxy groups -OCH3 is 2. The van der Waals surface area contributed by atoms with Crippen molar-refractivity contribution in [2.75, 3.05) is 61.0 Å². The van der Waals surface area contributed by atoms with Gasteiger partial charge in [-0.15, -0.1) is 0 Å². The molecule has 0 spiro atoms. The first-order valence-electron chi connectivity index (χ1n) is 10.9. The van der Waals surface area contributed by atoms with Crippen molar-refractivity contribution in [3.63, 3.8) is 0 Å². The van der Waals surface area contributed by atoms with Crippen LogP contribution in [0.2, 0.25) is 0 Å². The minimum Gasteiger partial charge on any atom is -0.497 e. The topological polar surface area (TPSA) is 61.4 Å². The summed E-state index contributed by atoms with van der Waals surface area (Å²) in [6.07, 6.45) is 1.10. The third kappa shape index (κ3) is 8.03. The normalized spacial score (nSPS) is 18.0. The van der Waals surface area contributed by atoms with Crippen LogP contribution in [0.1, 0.15) is 32.8 Å². The van der Waals surface area contributed by atoms with Crippen LogP contribution >= 0.6 is 0 Å².